The molecule has 0 fully saturated rings. The summed E-state index contributed by atoms with van der Waals surface area (Å²) in [7, 11) is 1.49. The van der Waals surface area contributed by atoms with Crippen molar-refractivity contribution in [1.29, 1.82) is 0 Å². The lowest BCUT2D eigenvalue weighted by Gasteiger charge is -2.15. The van der Waals surface area contributed by atoms with Crippen molar-refractivity contribution in [3.8, 4) is 11.3 Å². The summed E-state index contributed by atoms with van der Waals surface area (Å²) in [6.45, 7) is 4.00. The minimum Gasteiger partial charge on any atom is -0.361 e. The van der Waals surface area contributed by atoms with E-state index in [1.54, 1.807) is 38.1 Å². The largest absolute Gasteiger partial charge is 0.361 e. The number of carbonyl (C=O) groups is 1. The van der Waals surface area contributed by atoms with E-state index in [4.69, 9.17) is 4.52 Å². The van der Waals surface area contributed by atoms with Crippen LogP contribution in [0.5, 0.6) is 0 Å². The number of hydrogen-bond acceptors (Lipinski definition) is 7. The number of amides is 1. The Kier molecular flexibility index (Phi) is 6.65. The number of halogens is 2. The van der Waals surface area contributed by atoms with Gasteiger partial charge in [-0.25, -0.2) is 23.5 Å². The highest BCUT2D eigenvalue weighted by Crippen LogP contribution is 2.29. The van der Waals surface area contributed by atoms with Gasteiger partial charge in [-0.3, -0.25) is 18.7 Å². The van der Waals surface area contributed by atoms with Crippen molar-refractivity contribution in [2.45, 2.75) is 39.3 Å². The van der Waals surface area contributed by atoms with Crippen molar-refractivity contribution < 1.29 is 18.1 Å². The third-order valence-corrected chi connectivity index (χ3v) is 6.54. The first-order valence-corrected chi connectivity index (χ1v) is 12.3. The van der Waals surface area contributed by atoms with Gasteiger partial charge in [0.15, 0.2) is 11.2 Å². The summed E-state index contributed by atoms with van der Waals surface area (Å²) < 4.78 is 35.8. The van der Waals surface area contributed by atoms with Gasteiger partial charge in [0, 0.05) is 31.2 Å². The highest BCUT2D eigenvalue weighted by atomic mass is 19.3. The molecule has 5 aromatic rings. The van der Waals surface area contributed by atoms with Gasteiger partial charge >= 0.3 is 5.69 Å². The second-order valence-electron chi connectivity index (χ2n) is 9.52. The van der Waals surface area contributed by atoms with Crippen molar-refractivity contribution in [3.63, 3.8) is 0 Å². The molecule has 1 N–H and O–H groups in total. The molecule has 206 valence electrons. The summed E-state index contributed by atoms with van der Waals surface area (Å²) in [6, 6.07) is 11.4. The van der Waals surface area contributed by atoms with Gasteiger partial charge in [0.2, 0.25) is 5.91 Å². The van der Waals surface area contributed by atoms with Crippen LogP contribution in [0.4, 0.5) is 14.6 Å². The van der Waals surface area contributed by atoms with E-state index in [1.165, 1.54) is 46.8 Å². The van der Waals surface area contributed by atoms with Gasteiger partial charge < -0.3 is 14.4 Å². The molecule has 0 bridgehead atoms. The average molecular weight is 550 g/mol. The predicted octanol–water partition coefficient (Wildman–Crippen LogP) is 3.61. The summed E-state index contributed by atoms with van der Waals surface area (Å²) in [4.78, 5) is 48.1. The Hall–Kier alpha value is -4.94. The smallest absolute Gasteiger partial charge is 0.332 e. The lowest BCUT2D eigenvalue weighted by atomic mass is 10.1. The van der Waals surface area contributed by atoms with Crippen LogP contribution in [0.25, 0.3) is 22.4 Å². The van der Waals surface area contributed by atoms with Crippen LogP contribution in [-0.2, 0) is 24.3 Å². The zero-order valence-electron chi connectivity index (χ0n) is 22.1. The number of aromatic nitrogens is 6. The molecule has 4 heterocycles. The van der Waals surface area contributed by atoms with Crippen LogP contribution in [0, 0.1) is 6.92 Å². The zero-order valence-corrected chi connectivity index (χ0v) is 22.1. The second kappa shape index (κ2) is 9.98. The van der Waals surface area contributed by atoms with Crippen LogP contribution >= 0.6 is 0 Å². The number of fused-ring (bicyclic) bond motifs is 1. The van der Waals surface area contributed by atoms with Gasteiger partial charge in [-0.2, -0.15) is 0 Å². The van der Waals surface area contributed by atoms with E-state index in [9.17, 15) is 23.2 Å². The maximum atomic E-state index is 13.6. The number of pyridine rings is 1. The summed E-state index contributed by atoms with van der Waals surface area (Å²) in [5.41, 5.74) is 0.344. The molecule has 4 aromatic heterocycles. The normalized spacial score (nSPS) is 12.6. The Morgan fingerprint density at radius 1 is 1.15 bits per heavy atom. The van der Waals surface area contributed by atoms with Crippen molar-refractivity contribution >= 4 is 22.9 Å². The number of nitrogens with one attached hydrogen (secondary N) is 1. The minimum atomic E-state index is -2.96. The Bertz CT molecular complexity index is 1850. The highest BCUT2D eigenvalue weighted by molar-refractivity contribution is 5.93. The first-order chi connectivity index (χ1) is 18.9. The lowest BCUT2D eigenvalue weighted by Crippen LogP contribution is -2.40. The SMILES string of the molecule is Cc1cc(Cn2c(=O)c3c(ncn3[C@@H](C)C(=O)Nc3cccc(-c4ccc(C(C)(F)F)cc4)n3)n(C)c2=O)no1. The molecule has 0 aliphatic heterocycles. The molecule has 0 unspecified atom stereocenters. The van der Waals surface area contributed by atoms with E-state index in [0.717, 1.165) is 11.5 Å². The van der Waals surface area contributed by atoms with Crippen LogP contribution in [-0.4, -0.2) is 34.7 Å². The molecule has 11 nitrogen and oxygen atoms in total. The fourth-order valence-electron chi connectivity index (χ4n) is 4.33. The monoisotopic (exact) mass is 549 g/mol. The maximum absolute atomic E-state index is 13.6. The van der Waals surface area contributed by atoms with Crippen LogP contribution < -0.4 is 16.6 Å². The summed E-state index contributed by atoms with van der Waals surface area (Å²) in [5.74, 6) is -2.68. The molecule has 13 heteroatoms. The van der Waals surface area contributed by atoms with E-state index in [-0.39, 0.29) is 29.1 Å². The molecule has 0 saturated heterocycles. The van der Waals surface area contributed by atoms with E-state index < -0.39 is 29.1 Å². The molecule has 0 saturated carbocycles. The van der Waals surface area contributed by atoms with E-state index in [2.05, 4.69) is 20.4 Å². The first-order valence-electron chi connectivity index (χ1n) is 12.3. The highest BCUT2D eigenvalue weighted by Gasteiger charge is 2.25. The third kappa shape index (κ3) is 4.93. The molecule has 5 rings (SSSR count). The number of carbonyl (C=O) groups excluding carboxylic acids is 1. The molecule has 1 aromatic carbocycles. The second-order valence-corrected chi connectivity index (χ2v) is 9.52. The fraction of sp³-hybridized carbons (Fsp3) is 0.259. The Labute approximate surface area is 225 Å². The molecule has 0 spiro atoms. The van der Waals surface area contributed by atoms with Gasteiger partial charge in [-0.1, -0.05) is 35.5 Å². The average Bonchev–Trinajstić information content (AvgIpc) is 3.55. The summed E-state index contributed by atoms with van der Waals surface area (Å²) in [5, 5.41) is 6.58. The van der Waals surface area contributed by atoms with Crippen LogP contribution in [0.2, 0.25) is 0 Å². The van der Waals surface area contributed by atoms with Crippen LogP contribution in [0.15, 0.2) is 69.0 Å². The van der Waals surface area contributed by atoms with Crippen molar-refractivity contribution in [3.05, 3.63) is 92.7 Å². The van der Waals surface area contributed by atoms with E-state index >= 15 is 0 Å². The number of rotatable bonds is 7. The molecule has 40 heavy (non-hydrogen) atoms. The first kappa shape index (κ1) is 26.7. The van der Waals surface area contributed by atoms with Crippen molar-refractivity contribution in [1.82, 2.24) is 28.8 Å². The number of anilines is 1. The number of imidazole rings is 1. The number of benzene rings is 1. The zero-order chi connectivity index (χ0) is 28.8. The molecular weight excluding hydrogens is 524 g/mol. The third-order valence-electron chi connectivity index (χ3n) is 6.54. The number of hydrogen-bond donors (Lipinski definition) is 1. The van der Waals surface area contributed by atoms with Crippen molar-refractivity contribution in [2.75, 3.05) is 5.32 Å². The predicted molar refractivity (Wildman–Crippen MR) is 142 cm³/mol. The van der Waals surface area contributed by atoms with Gasteiger partial charge in [-0.15, -0.1) is 0 Å². The maximum Gasteiger partial charge on any atom is 0.332 e. The number of nitrogens with zero attached hydrogens (tertiary/aromatic N) is 6. The Morgan fingerprint density at radius 3 is 2.52 bits per heavy atom. The van der Waals surface area contributed by atoms with Crippen LogP contribution in [0.1, 0.15) is 36.9 Å². The Morgan fingerprint density at radius 2 is 1.88 bits per heavy atom. The van der Waals surface area contributed by atoms with Crippen molar-refractivity contribution in [2.24, 2.45) is 7.05 Å². The minimum absolute atomic E-state index is 0.0690. The van der Waals surface area contributed by atoms with Gasteiger partial charge in [0.1, 0.15) is 23.3 Å². The summed E-state index contributed by atoms with van der Waals surface area (Å²) in [6.07, 6.45) is 1.33. The standard InChI is InChI=1S/C27H25F2N7O4/c1-15-12-19(33-40-15)13-35-25(38)22-23(34(4)26(35)39)30-14-36(22)16(2)24(37)32-21-7-5-6-20(31-21)17-8-10-18(11-9-17)27(3,28)29/h5-12,14,16H,13H2,1-4H3,(H,31,32,37)/t16-/m0/s1. The topological polar surface area (TPSA) is 130 Å². The van der Waals surface area contributed by atoms with Gasteiger partial charge in [-0.05, 0) is 26.0 Å². The molecule has 0 aliphatic carbocycles. The fourth-order valence-corrected chi connectivity index (χ4v) is 4.33. The van der Waals surface area contributed by atoms with Crippen LogP contribution in [0.3, 0.4) is 0 Å². The summed E-state index contributed by atoms with van der Waals surface area (Å²) >= 11 is 0. The van der Waals surface area contributed by atoms with Gasteiger partial charge in [0.25, 0.3) is 11.5 Å². The number of aryl methyl sites for hydroxylation is 2. The quantitative estimate of drug-likeness (QED) is 0.328. The van der Waals surface area contributed by atoms with Gasteiger partial charge in [0.05, 0.1) is 18.6 Å². The lowest BCUT2D eigenvalue weighted by molar-refractivity contribution is -0.118. The molecular formula is C27H25F2N7O4. The molecule has 0 radical (unpaired) electrons. The van der Waals surface area contributed by atoms with E-state index in [1.807, 2.05) is 0 Å². The van der Waals surface area contributed by atoms with E-state index in [0.29, 0.717) is 22.7 Å². The molecule has 1 atom stereocenters. The Balaban J connectivity index is 1.43. The number of alkyl halides is 2. The molecule has 0 aliphatic rings. The molecule has 1 amide bonds.